The Morgan fingerprint density at radius 2 is 2.10 bits per heavy atom. The minimum Gasteiger partial charge on any atom is -0.469 e. The maximum absolute atomic E-state index is 12.4. The number of benzene rings is 1. The van der Waals surface area contributed by atoms with E-state index < -0.39 is 16.0 Å². The van der Waals surface area contributed by atoms with E-state index in [1.54, 1.807) is 0 Å². The lowest BCUT2D eigenvalue weighted by Crippen LogP contribution is -2.29. The summed E-state index contributed by atoms with van der Waals surface area (Å²) >= 11 is 8.96. The van der Waals surface area contributed by atoms with Gasteiger partial charge >= 0.3 is 5.97 Å². The molecule has 0 saturated heterocycles. The Kier molecular flexibility index (Phi) is 5.81. The quantitative estimate of drug-likeness (QED) is 0.617. The first-order valence-electron chi connectivity index (χ1n) is 5.47. The highest BCUT2D eigenvalue weighted by molar-refractivity contribution is 9.10. The zero-order chi connectivity index (χ0) is 15.5. The minimum absolute atomic E-state index is 0.00609. The largest absolute Gasteiger partial charge is 0.469 e. The van der Waals surface area contributed by atoms with Crippen LogP contribution in [0, 0.1) is 0 Å². The number of nitrogens with zero attached hydrogens (tertiary/aromatic N) is 1. The molecule has 0 saturated carbocycles. The molecule has 0 spiro atoms. The van der Waals surface area contributed by atoms with Crippen molar-refractivity contribution in [1.29, 1.82) is 0 Å². The highest BCUT2D eigenvalue weighted by atomic mass is 79.9. The van der Waals surface area contributed by atoms with Crippen LogP contribution in [-0.2, 0) is 19.6 Å². The molecule has 0 aliphatic heterocycles. The standard InChI is InChI=1S/C11H14BrClN2O4S/c1-15(4-3-10(16)19-2)20(17,18)9-6-7(13)5-8(14)11(9)12/h5-6H,3-4,14H2,1-2H3. The summed E-state index contributed by atoms with van der Waals surface area (Å²) in [4.78, 5) is 11.0. The Bertz CT molecular complexity index is 621. The van der Waals surface area contributed by atoms with E-state index in [9.17, 15) is 13.2 Å². The van der Waals surface area contributed by atoms with Gasteiger partial charge in [-0.05, 0) is 28.1 Å². The Morgan fingerprint density at radius 3 is 2.65 bits per heavy atom. The van der Waals surface area contributed by atoms with Crippen molar-refractivity contribution in [3.63, 3.8) is 0 Å². The number of hydrogen-bond donors (Lipinski definition) is 1. The van der Waals surface area contributed by atoms with E-state index in [0.29, 0.717) is 0 Å². The summed E-state index contributed by atoms with van der Waals surface area (Å²) in [7, 11) is -1.20. The van der Waals surface area contributed by atoms with Crippen LogP contribution in [0.25, 0.3) is 0 Å². The SMILES string of the molecule is COC(=O)CCN(C)S(=O)(=O)c1cc(Cl)cc(N)c1Br. The Labute approximate surface area is 131 Å². The molecule has 0 heterocycles. The van der Waals surface area contributed by atoms with Gasteiger partial charge in [-0.3, -0.25) is 4.79 Å². The molecule has 9 heteroatoms. The van der Waals surface area contributed by atoms with Crippen LogP contribution in [0.5, 0.6) is 0 Å². The van der Waals surface area contributed by atoms with Crippen LogP contribution in [0.1, 0.15) is 6.42 Å². The summed E-state index contributed by atoms with van der Waals surface area (Å²) in [6.45, 7) is -0.00609. The van der Waals surface area contributed by atoms with Crippen LogP contribution in [0.3, 0.4) is 0 Å². The first-order chi connectivity index (χ1) is 9.20. The number of nitrogen functional groups attached to an aromatic ring is 1. The molecule has 0 aliphatic rings. The molecule has 112 valence electrons. The van der Waals surface area contributed by atoms with Crippen LogP contribution >= 0.6 is 27.5 Å². The number of methoxy groups -OCH3 is 1. The molecule has 6 nitrogen and oxygen atoms in total. The first kappa shape index (κ1) is 17.2. The van der Waals surface area contributed by atoms with Crippen LogP contribution in [-0.4, -0.2) is 39.4 Å². The second-order valence-electron chi connectivity index (χ2n) is 3.96. The number of carbonyl (C=O) groups excluding carboxylic acids is 1. The lowest BCUT2D eigenvalue weighted by Gasteiger charge is -2.18. The maximum Gasteiger partial charge on any atom is 0.306 e. The monoisotopic (exact) mass is 384 g/mol. The van der Waals surface area contributed by atoms with Crippen molar-refractivity contribution in [2.24, 2.45) is 0 Å². The fourth-order valence-electron chi connectivity index (χ4n) is 1.41. The summed E-state index contributed by atoms with van der Waals surface area (Å²) in [6, 6.07) is 2.74. The molecule has 1 rings (SSSR count). The van der Waals surface area contributed by atoms with Gasteiger partial charge in [0.25, 0.3) is 0 Å². The second-order valence-corrected chi connectivity index (χ2v) is 7.20. The van der Waals surface area contributed by atoms with E-state index in [4.69, 9.17) is 17.3 Å². The van der Waals surface area contributed by atoms with E-state index in [1.807, 2.05) is 0 Å². The van der Waals surface area contributed by atoms with E-state index >= 15 is 0 Å². The lowest BCUT2D eigenvalue weighted by atomic mass is 10.3. The molecule has 0 bridgehead atoms. The zero-order valence-corrected chi connectivity index (χ0v) is 14.0. The van der Waals surface area contributed by atoms with Crippen molar-refractivity contribution in [3.8, 4) is 0 Å². The predicted octanol–water partition coefficient (Wildman–Crippen LogP) is 1.87. The Balaban J connectivity index is 3.08. The molecule has 0 aliphatic carbocycles. The van der Waals surface area contributed by atoms with Crippen LogP contribution < -0.4 is 5.73 Å². The van der Waals surface area contributed by atoms with Gasteiger partial charge in [-0.1, -0.05) is 11.6 Å². The third kappa shape index (κ3) is 3.85. The molecule has 20 heavy (non-hydrogen) atoms. The summed E-state index contributed by atoms with van der Waals surface area (Å²) in [5, 5.41) is 0.214. The highest BCUT2D eigenvalue weighted by Crippen LogP contribution is 2.32. The predicted molar refractivity (Wildman–Crippen MR) is 80.0 cm³/mol. The Morgan fingerprint density at radius 1 is 1.50 bits per heavy atom. The van der Waals surface area contributed by atoms with Crippen molar-refractivity contribution in [3.05, 3.63) is 21.6 Å². The Hall–Kier alpha value is -0.830. The molecular weight excluding hydrogens is 372 g/mol. The topological polar surface area (TPSA) is 89.7 Å². The normalized spacial score (nSPS) is 11.7. The van der Waals surface area contributed by atoms with Crippen molar-refractivity contribution in [2.45, 2.75) is 11.3 Å². The number of hydrogen-bond acceptors (Lipinski definition) is 5. The molecule has 0 fully saturated rings. The van der Waals surface area contributed by atoms with Gasteiger partial charge in [-0.25, -0.2) is 12.7 Å². The summed E-state index contributed by atoms with van der Waals surface area (Å²) in [6.07, 6.45) is -0.0418. The summed E-state index contributed by atoms with van der Waals surface area (Å²) < 4.78 is 30.5. The lowest BCUT2D eigenvalue weighted by molar-refractivity contribution is -0.140. The number of anilines is 1. The van der Waals surface area contributed by atoms with Gasteiger partial charge in [0.2, 0.25) is 10.0 Å². The number of esters is 1. The van der Waals surface area contributed by atoms with Gasteiger partial charge in [-0.2, -0.15) is 0 Å². The van der Waals surface area contributed by atoms with Gasteiger partial charge in [0.15, 0.2) is 0 Å². The minimum atomic E-state index is -3.80. The molecule has 0 aromatic heterocycles. The maximum atomic E-state index is 12.4. The van der Waals surface area contributed by atoms with Gasteiger partial charge in [-0.15, -0.1) is 0 Å². The zero-order valence-electron chi connectivity index (χ0n) is 10.9. The van der Waals surface area contributed by atoms with Gasteiger partial charge < -0.3 is 10.5 Å². The fourth-order valence-corrected chi connectivity index (χ4v) is 3.83. The van der Waals surface area contributed by atoms with Crippen LogP contribution in [0.15, 0.2) is 21.5 Å². The number of nitrogens with two attached hydrogens (primary N) is 1. The molecule has 0 radical (unpaired) electrons. The number of rotatable bonds is 5. The van der Waals surface area contributed by atoms with Gasteiger partial charge in [0, 0.05) is 24.3 Å². The fraction of sp³-hybridized carbons (Fsp3) is 0.364. The third-order valence-corrected chi connectivity index (χ3v) is 5.83. The van der Waals surface area contributed by atoms with Crippen molar-refractivity contribution in [2.75, 3.05) is 26.4 Å². The molecule has 1 aromatic carbocycles. The van der Waals surface area contributed by atoms with Crippen molar-refractivity contribution < 1.29 is 17.9 Å². The second kappa shape index (κ2) is 6.75. The van der Waals surface area contributed by atoms with Crippen molar-refractivity contribution in [1.82, 2.24) is 4.31 Å². The van der Waals surface area contributed by atoms with Crippen LogP contribution in [0.4, 0.5) is 5.69 Å². The highest BCUT2D eigenvalue weighted by Gasteiger charge is 2.25. The molecule has 1 aromatic rings. The van der Waals surface area contributed by atoms with E-state index in [2.05, 4.69) is 20.7 Å². The molecule has 0 atom stereocenters. The number of carbonyl (C=O) groups is 1. The van der Waals surface area contributed by atoms with E-state index in [0.717, 1.165) is 4.31 Å². The smallest absolute Gasteiger partial charge is 0.306 e. The molecule has 2 N–H and O–H groups in total. The number of ether oxygens (including phenoxy) is 1. The summed E-state index contributed by atoms with van der Waals surface area (Å²) in [5.41, 5.74) is 5.89. The van der Waals surface area contributed by atoms with Gasteiger partial charge in [0.05, 0.1) is 22.9 Å². The van der Waals surface area contributed by atoms with Crippen LogP contribution in [0.2, 0.25) is 5.02 Å². The molecule has 0 unspecified atom stereocenters. The first-order valence-corrected chi connectivity index (χ1v) is 8.09. The third-order valence-electron chi connectivity index (χ3n) is 2.58. The van der Waals surface area contributed by atoms with Gasteiger partial charge in [0.1, 0.15) is 0 Å². The number of halogens is 2. The summed E-state index contributed by atoms with van der Waals surface area (Å²) in [5.74, 6) is -0.489. The average Bonchev–Trinajstić information content (AvgIpc) is 2.39. The van der Waals surface area contributed by atoms with Crippen molar-refractivity contribution >= 4 is 49.2 Å². The average molecular weight is 386 g/mol. The van der Waals surface area contributed by atoms with E-state index in [-0.39, 0.29) is 33.0 Å². The molecular formula is C11H14BrClN2O4S. The van der Waals surface area contributed by atoms with E-state index in [1.165, 1.54) is 26.3 Å². The number of sulfonamides is 1. The molecule has 0 amide bonds.